The van der Waals surface area contributed by atoms with E-state index in [4.69, 9.17) is 23.7 Å². The number of allylic oxidation sites excluding steroid dienone is 3. The smallest absolute Gasteiger partial charge is 0.302 e. The van der Waals surface area contributed by atoms with Gasteiger partial charge in [-0.1, -0.05) is 60.6 Å². The van der Waals surface area contributed by atoms with Gasteiger partial charge in [-0.3, -0.25) is 4.79 Å². The molecule has 0 bridgehead atoms. The van der Waals surface area contributed by atoms with Gasteiger partial charge < -0.3 is 23.7 Å². The maximum atomic E-state index is 11.5. The molecule has 0 saturated heterocycles. The Hall–Kier alpha value is -3.35. The quantitative estimate of drug-likeness (QED) is 0.0802. The van der Waals surface area contributed by atoms with Crippen LogP contribution in [0.1, 0.15) is 84.3 Å². The molecule has 2 aromatic carbocycles. The Bertz CT molecular complexity index is 1170. The molecule has 0 fully saturated rings. The highest BCUT2D eigenvalue weighted by Crippen LogP contribution is 2.23. The lowest BCUT2D eigenvalue weighted by atomic mass is 9.93. The number of methoxy groups -OCH3 is 2. The van der Waals surface area contributed by atoms with Crippen LogP contribution in [0.4, 0.5) is 0 Å². The molecule has 0 unspecified atom stereocenters. The van der Waals surface area contributed by atoms with E-state index in [1.54, 1.807) is 14.2 Å². The molecule has 0 N–H and O–H groups in total. The van der Waals surface area contributed by atoms with Crippen molar-refractivity contribution in [3.05, 3.63) is 94.6 Å². The maximum absolute atomic E-state index is 11.5. The van der Waals surface area contributed by atoms with Crippen molar-refractivity contribution in [3.63, 3.8) is 0 Å². The average Bonchev–Trinajstić information content (AvgIpc) is 3.02. The van der Waals surface area contributed by atoms with E-state index in [9.17, 15) is 4.79 Å². The number of rotatable bonds is 21. The summed E-state index contributed by atoms with van der Waals surface area (Å²) in [5.41, 5.74) is 6.02. The Balaban J connectivity index is 1.85. The van der Waals surface area contributed by atoms with Gasteiger partial charge in [-0.25, -0.2) is 0 Å². The number of benzene rings is 2. The molecule has 6 heteroatoms. The lowest BCUT2D eigenvalue weighted by molar-refractivity contribution is -0.140. The normalized spacial score (nSPS) is 13.2. The second-order valence-electron chi connectivity index (χ2n) is 11.7. The molecule has 0 aliphatic carbocycles. The van der Waals surface area contributed by atoms with Crippen LogP contribution < -0.4 is 9.47 Å². The first-order valence-corrected chi connectivity index (χ1v) is 15.8. The third-order valence-corrected chi connectivity index (χ3v) is 7.58. The van der Waals surface area contributed by atoms with E-state index < -0.39 is 0 Å². The summed E-state index contributed by atoms with van der Waals surface area (Å²) in [7, 11) is 3.34. The van der Waals surface area contributed by atoms with E-state index in [0.29, 0.717) is 32.3 Å². The fraction of sp³-hybridized carbons (Fsp3) is 0.500. The minimum absolute atomic E-state index is 0.132. The number of carbonyl (C=O) groups is 1. The van der Waals surface area contributed by atoms with Crippen LogP contribution in [0.3, 0.4) is 0 Å². The predicted octanol–water partition coefficient (Wildman–Crippen LogP) is 9.18. The predicted molar refractivity (Wildman–Crippen MR) is 179 cm³/mol. The Morgan fingerprint density at radius 3 is 1.98 bits per heavy atom. The van der Waals surface area contributed by atoms with E-state index in [1.807, 2.05) is 36.4 Å². The van der Waals surface area contributed by atoms with Crippen molar-refractivity contribution in [3.8, 4) is 11.5 Å². The van der Waals surface area contributed by atoms with Crippen molar-refractivity contribution in [2.24, 2.45) is 5.92 Å². The van der Waals surface area contributed by atoms with E-state index in [2.05, 4.69) is 58.1 Å². The van der Waals surface area contributed by atoms with Gasteiger partial charge >= 0.3 is 5.97 Å². The highest BCUT2D eigenvalue weighted by Gasteiger charge is 2.17. The molecule has 242 valence electrons. The van der Waals surface area contributed by atoms with Crippen LogP contribution in [0.25, 0.3) is 0 Å². The van der Waals surface area contributed by atoms with Crippen molar-refractivity contribution >= 4 is 5.97 Å². The van der Waals surface area contributed by atoms with Crippen LogP contribution >= 0.6 is 0 Å². The van der Waals surface area contributed by atoms with Gasteiger partial charge in [-0.05, 0) is 106 Å². The SMILES string of the molecule is COc1ccc(COC/C=C(\C)CC/C=C(/CCC[C@H](C)[C@@H](CC=C(C)C)OCc2ccc(OC)cc2)COC(C)=O)cc1. The Morgan fingerprint density at radius 1 is 0.795 bits per heavy atom. The molecule has 0 spiro atoms. The second kappa shape index (κ2) is 21.4. The molecule has 0 saturated carbocycles. The Kier molecular flexibility index (Phi) is 17.9. The molecule has 0 aliphatic heterocycles. The third-order valence-electron chi connectivity index (χ3n) is 7.58. The molecule has 2 rings (SSSR count). The van der Waals surface area contributed by atoms with Crippen LogP contribution in [0.2, 0.25) is 0 Å². The highest BCUT2D eigenvalue weighted by atomic mass is 16.5. The van der Waals surface area contributed by atoms with Gasteiger partial charge in [0.1, 0.15) is 18.1 Å². The number of carbonyl (C=O) groups excluding carboxylic acids is 1. The van der Waals surface area contributed by atoms with E-state index >= 15 is 0 Å². The third kappa shape index (κ3) is 15.9. The molecule has 0 aromatic heterocycles. The van der Waals surface area contributed by atoms with E-state index in [1.165, 1.54) is 23.6 Å². The summed E-state index contributed by atoms with van der Waals surface area (Å²) in [6, 6.07) is 16.0. The number of esters is 1. The van der Waals surface area contributed by atoms with Gasteiger partial charge in [-0.2, -0.15) is 0 Å². The van der Waals surface area contributed by atoms with E-state index in [0.717, 1.165) is 61.2 Å². The molecule has 0 radical (unpaired) electrons. The summed E-state index contributed by atoms with van der Waals surface area (Å²) in [6.07, 6.45) is 12.5. The zero-order chi connectivity index (χ0) is 32.2. The van der Waals surface area contributed by atoms with E-state index in [-0.39, 0.29) is 12.1 Å². The molecule has 2 aromatic rings. The first-order chi connectivity index (χ1) is 21.2. The Morgan fingerprint density at radius 2 is 1.41 bits per heavy atom. The van der Waals surface area contributed by atoms with Crippen LogP contribution in [0.15, 0.2) is 83.5 Å². The minimum atomic E-state index is -0.247. The lowest BCUT2D eigenvalue weighted by Gasteiger charge is -2.24. The summed E-state index contributed by atoms with van der Waals surface area (Å²) in [5, 5.41) is 0. The summed E-state index contributed by atoms with van der Waals surface area (Å²) in [4.78, 5) is 11.5. The van der Waals surface area contributed by atoms with Gasteiger partial charge in [0, 0.05) is 6.92 Å². The van der Waals surface area contributed by atoms with Gasteiger partial charge in [0.05, 0.1) is 40.1 Å². The van der Waals surface area contributed by atoms with Crippen molar-refractivity contribution in [1.82, 2.24) is 0 Å². The standard InChI is InChI=1S/C38H54O6/c1-29(2)14-23-38(44-28-35-17-21-37(41-7)22-18-35)31(4)11-9-13-33(27-43-32(5)39)12-8-10-30(3)24-25-42-26-34-15-19-36(40-6)20-16-34/h12,14-22,24,31,38H,8-11,13,23,25-28H2,1-7H3/b30-24+,33-12-/t31-,38+/m0/s1. The highest BCUT2D eigenvalue weighted by molar-refractivity contribution is 5.66. The van der Waals surface area contributed by atoms with Crippen LogP contribution in [0, 0.1) is 5.92 Å². The molecule has 0 aliphatic rings. The maximum Gasteiger partial charge on any atom is 0.302 e. The summed E-state index contributed by atoms with van der Waals surface area (Å²) in [5.74, 6) is 1.84. The van der Waals surface area contributed by atoms with Gasteiger partial charge in [0.25, 0.3) is 0 Å². The van der Waals surface area contributed by atoms with Crippen LogP contribution in [0.5, 0.6) is 11.5 Å². The summed E-state index contributed by atoms with van der Waals surface area (Å²) in [6.45, 7) is 12.2. The minimum Gasteiger partial charge on any atom is -0.497 e. The molecular weight excluding hydrogens is 552 g/mol. The van der Waals surface area contributed by atoms with Crippen LogP contribution in [-0.4, -0.2) is 39.5 Å². The molecule has 2 atom stereocenters. The van der Waals surface area contributed by atoms with Gasteiger partial charge in [0.15, 0.2) is 0 Å². The zero-order valence-corrected chi connectivity index (χ0v) is 28.0. The average molecular weight is 607 g/mol. The van der Waals surface area contributed by atoms with Crippen molar-refractivity contribution in [1.29, 1.82) is 0 Å². The fourth-order valence-corrected chi connectivity index (χ4v) is 4.71. The van der Waals surface area contributed by atoms with Crippen molar-refractivity contribution < 1.29 is 28.5 Å². The zero-order valence-electron chi connectivity index (χ0n) is 28.0. The molecular formula is C38H54O6. The molecule has 6 nitrogen and oxygen atoms in total. The summed E-state index contributed by atoms with van der Waals surface area (Å²) >= 11 is 0. The Labute approximate surface area is 266 Å². The lowest BCUT2D eigenvalue weighted by Crippen LogP contribution is -2.21. The number of ether oxygens (including phenoxy) is 5. The monoisotopic (exact) mass is 606 g/mol. The first-order valence-electron chi connectivity index (χ1n) is 15.8. The van der Waals surface area contributed by atoms with Crippen molar-refractivity contribution in [2.75, 3.05) is 27.4 Å². The molecule has 44 heavy (non-hydrogen) atoms. The first kappa shape index (κ1) is 36.8. The van der Waals surface area contributed by atoms with Crippen LogP contribution in [-0.2, 0) is 32.2 Å². The molecule has 0 amide bonds. The van der Waals surface area contributed by atoms with Gasteiger partial charge in [-0.15, -0.1) is 0 Å². The molecule has 0 heterocycles. The topological polar surface area (TPSA) is 63.2 Å². The summed E-state index contributed by atoms with van der Waals surface area (Å²) < 4.78 is 28.1. The second-order valence-corrected chi connectivity index (χ2v) is 11.7. The number of hydrogen-bond donors (Lipinski definition) is 0. The fourth-order valence-electron chi connectivity index (χ4n) is 4.71. The largest absolute Gasteiger partial charge is 0.497 e. The van der Waals surface area contributed by atoms with Crippen molar-refractivity contribution in [2.45, 2.75) is 92.5 Å². The van der Waals surface area contributed by atoms with Gasteiger partial charge in [0.2, 0.25) is 0 Å². The number of hydrogen-bond acceptors (Lipinski definition) is 6.